The lowest BCUT2D eigenvalue weighted by Gasteiger charge is -2.25. The number of rotatable bonds is 7. The van der Waals surface area contributed by atoms with Crippen LogP contribution < -0.4 is 14.8 Å². The number of nitrogens with one attached hydrogen (secondary N) is 1. The van der Waals surface area contributed by atoms with Crippen LogP contribution in [0.15, 0.2) is 46.9 Å². The molecule has 0 aliphatic heterocycles. The molecular weight excluding hydrogens is 384 g/mol. The fourth-order valence-corrected chi connectivity index (χ4v) is 3.22. The van der Waals surface area contributed by atoms with Crippen molar-refractivity contribution in [3.8, 4) is 11.5 Å². The van der Waals surface area contributed by atoms with Crippen molar-refractivity contribution >= 4 is 21.8 Å². The molecule has 0 fully saturated rings. The molecule has 1 N–H and O–H groups in total. The van der Waals surface area contributed by atoms with Crippen LogP contribution in [-0.2, 0) is 0 Å². The van der Waals surface area contributed by atoms with Gasteiger partial charge in [-0.25, -0.2) is 0 Å². The van der Waals surface area contributed by atoms with E-state index < -0.39 is 0 Å². The van der Waals surface area contributed by atoms with E-state index in [4.69, 9.17) is 9.47 Å². The number of hydrogen-bond donors (Lipinski definition) is 1. The predicted octanol–water partition coefficient (Wildman–Crippen LogP) is 3.50. The number of benzene rings is 2. The minimum absolute atomic E-state index is 0.0743. The third kappa shape index (κ3) is 4.74. The number of methoxy groups -OCH3 is 2. The number of halogens is 1. The van der Waals surface area contributed by atoms with Crippen molar-refractivity contribution in [2.45, 2.75) is 6.04 Å². The van der Waals surface area contributed by atoms with Gasteiger partial charge in [-0.1, -0.05) is 30.3 Å². The van der Waals surface area contributed by atoms with Gasteiger partial charge in [-0.2, -0.15) is 0 Å². The summed E-state index contributed by atoms with van der Waals surface area (Å²) in [6, 6.07) is 13.6. The van der Waals surface area contributed by atoms with Gasteiger partial charge >= 0.3 is 0 Å². The third-order valence-corrected chi connectivity index (χ3v) is 4.55. The Labute approximate surface area is 157 Å². The highest BCUT2D eigenvalue weighted by Gasteiger charge is 2.20. The highest BCUT2D eigenvalue weighted by Crippen LogP contribution is 2.33. The molecule has 0 saturated carbocycles. The van der Waals surface area contributed by atoms with Gasteiger partial charge < -0.3 is 19.7 Å². The second-order valence-electron chi connectivity index (χ2n) is 5.79. The van der Waals surface area contributed by atoms with Crippen LogP contribution in [-0.4, -0.2) is 45.7 Å². The van der Waals surface area contributed by atoms with Crippen LogP contribution in [0.3, 0.4) is 0 Å². The molecule has 134 valence electrons. The van der Waals surface area contributed by atoms with Crippen molar-refractivity contribution < 1.29 is 14.3 Å². The smallest absolute Gasteiger partial charge is 0.255 e. The fourth-order valence-electron chi connectivity index (χ4n) is 2.62. The standard InChI is InChI=1S/C19H23BrN2O3/c1-22(2)17(13-8-6-5-7-9-13)12-21-19(23)15-10-14(24-3)11-16(20)18(15)25-4/h5-11,17H,12H2,1-4H3,(H,21,23). The molecule has 0 radical (unpaired) electrons. The van der Waals surface area contributed by atoms with Gasteiger partial charge in [-0.05, 0) is 47.7 Å². The number of amides is 1. The molecule has 25 heavy (non-hydrogen) atoms. The molecule has 0 bridgehead atoms. The lowest BCUT2D eigenvalue weighted by molar-refractivity contribution is 0.0938. The maximum Gasteiger partial charge on any atom is 0.255 e. The number of ether oxygens (including phenoxy) is 2. The van der Waals surface area contributed by atoms with E-state index in [1.165, 1.54) is 7.11 Å². The van der Waals surface area contributed by atoms with E-state index in [0.717, 1.165) is 5.56 Å². The van der Waals surface area contributed by atoms with Crippen molar-refractivity contribution in [2.75, 3.05) is 34.9 Å². The topological polar surface area (TPSA) is 50.8 Å². The molecular formula is C19H23BrN2O3. The average Bonchev–Trinajstić information content (AvgIpc) is 2.61. The quantitative estimate of drug-likeness (QED) is 0.764. The van der Waals surface area contributed by atoms with Crippen molar-refractivity contribution in [3.63, 3.8) is 0 Å². The first-order valence-electron chi connectivity index (χ1n) is 7.89. The molecule has 5 nitrogen and oxygen atoms in total. The van der Waals surface area contributed by atoms with Crippen LogP contribution in [0.2, 0.25) is 0 Å². The van der Waals surface area contributed by atoms with Gasteiger partial charge in [0, 0.05) is 6.54 Å². The summed E-state index contributed by atoms with van der Waals surface area (Å²) in [6.07, 6.45) is 0. The van der Waals surface area contributed by atoms with E-state index in [0.29, 0.717) is 28.1 Å². The second kappa shape index (κ2) is 8.87. The Morgan fingerprint density at radius 3 is 2.40 bits per heavy atom. The molecule has 1 unspecified atom stereocenters. The predicted molar refractivity (Wildman–Crippen MR) is 102 cm³/mol. The zero-order valence-electron chi connectivity index (χ0n) is 14.9. The maximum absolute atomic E-state index is 12.7. The first-order chi connectivity index (χ1) is 12.0. The molecule has 2 aromatic carbocycles. The Bertz CT molecular complexity index is 720. The molecule has 0 aliphatic carbocycles. The highest BCUT2D eigenvalue weighted by atomic mass is 79.9. The third-order valence-electron chi connectivity index (χ3n) is 3.97. The van der Waals surface area contributed by atoms with Crippen molar-refractivity contribution in [2.24, 2.45) is 0 Å². The molecule has 2 aromatic rings. The number of hydrogen-bond acceptors (Lipinski definition) is 4. The molecule has 0 aromatic heterocycles. The summed E-state index contributed by atoms with van der Waals surface area (Å²) in [7, 11) is 7.09. The largest absolute Gasteiger partial charge is 0.497 e. The Morgan fingerprint density at radius 2 is 1.84 bits per heavy atom. The number of carbonyl (C=O) groups is 1. The first-order valence-corrected chi connectivity index (χ1v) is 8.68. The highest BCUT2D eigenvalue weighted by molar-refractivity contribution is 9.10. The second-order valence-corrected chi connectivity index (χ2v) is 6.64. The lowest BCUT2D eigenvalue weighted by atomic mass is 10.1. The molecule has 2 rings (SSSR count). The minimum atomic E-state index is -0.209. The SMILES string of the molecule is COc1cc(Br)c(OC)c(C(=O)NCC(c2ccccc2)N(C)C)c1. The van der Waals surface area contributed by atoms with Gasteiger partial charge in [0.15, 0.2) is 0 Å². The van der Waals surface area contributed by atoms with Gasteiger partial charge in [0.2, 0.25) is 0 Å². The summed E-state index contributed by atoms with van der Waals surface area (Å²) >= 11 is 3.41. The summed E-state index contributed by atoms with van der Waals surface area (Å²) < 4.78 is 11.3. The summed E-state index contributed by atoms with van der Waals surface area (Å²) in [4.78, 5) is 14.8. The molecule has 6 heteroatoms. The zero-order valence-corrected chi connectivity index (χ0v) is 16.5. The van der Waals surface area contributed by atoms with E-state index in [-0.39, 0.29) is 11.9 Å². The molecule has 0 spiro atoms. The monoisotopic (exact) mass is 406 g/mol. The molecule has 1 atom stereocenters. The van der Waals surface area contributed by atoms with Crippen molar-refractivity contribution in [1.29, 1.82) is 0 Å². The van der Waals surface area contributed by atoms with Crippen LogP contribution in [0, 0.1) is 0 Å². The van der Waals surface area contributed by atoms with Crippen molar-refractivity contribution in [3.05, 3.63) is 58.1 Å². The van der Waals surface area contributed by atoms with Gasteiger partial charge in [-0.3, -0.25) is 4.79 Å². The Kier molecular flexibility index (Phi) is 6.84. The minimum Gasteiger partial charge on any atom is -0.497 e. The molecule has 0 saturated heterocycles. The van der Waals surface area contributed by atoms with Crippen molar-refractivity contribution in [1.82, 2.24) is 10.2 Å². The van der Waals surface area contributed by atoms with E-state index in [1.807, 2.05) is 32.3 Å². The Hall–Kier alpha value is -2.05. The summed E-state index contributed by atoms with van der Waals surface area (Å²) in [5.74, 6) is 0.865. The molecule has 0 aliphatic rings. The summed E-state index contributed by atoms with van der Waals surface area (Å²) in [6.45, 7) is 0.480. The average molecular weight is 407 g/mol. The van der Waals surface area contributed by atoms with Crippen LogP contribution in [0.1, 0.15) is 22.0 Å². The van der Waals surface area contributed by atoms with Crippen LogP contribution >= 0.6 is 15.9 Å². The van der Waals surface area contributed by atoms with Gasteiger partial charge in [0.25, 0.3) is 5.91 Å². The Morgan fingerprint density at radius 1 is 1.16 bits per heavy atom. The first kappa shape index (κ1) is 19.3. The number of nitrogens with zero attached hydrogens (tertiary/aromatic N) is 1. The molecule has 1 amide bonds. The van der Waals surface area contributed by atoms with Gasteiger partial charge in [0.05, 0.1) is 30.3 Å². The molecule has 0 heterocycles. The summed E-state index contributed by atoms with van der Waals surface area (Å²) in [5.41, 5.74) is 1.57. The van der Waals surface area contributed by atoms with Gasteiger partial charge in [0.1, 0.15) is 11.5 Å². The van der Waals surface area contributed by atoms with Crippen LogP contribution in [0.25, 0.3) is 0 Å². The van der Waals surface area contributed by atoms with E-state index in [9.17, 15) is 4.79 Å². The lowest BCUT2D eigenvalue weighted by Crippen LogP contribution is -2.34. The normalized spacial score (nSPS) is 11.9. The van der Waals surface area contributed by atoms with Crippen LogP contribution in [0.5, 0.6) is 11.5 Å². The fraction of sp³-hybridized carbons (Fsp3) is 0.316. The maximum atomic E-state index is 12.7. The summed E-state index contributed by atoms with van der Waals surface area (Å²) in [5, 5.41) is 3.00. The van der Waals surface area contributed by atoms with Gasteiger partial charge in [-0.15, -0.1) is 0 Å². The number of carbonyl (C=O) groups excluding carboxylic acids is 1. The number of likely N-dealkylation sites (N-methyl/N-ethyl adjacent to an activating group) is 1. The zero-order chi connectivity index (χ0) is 18.4. The van der Waals surface area contributed by atoms with Crippen LogP contribution in [0.4, 0.5) is 0 Å². The Balaban J connectivity index is 2.20. The van der Waals surface area contributed by atoms with E-state index in [2.05, 4.69) is 38.3 Å². The van der Waals surface area contributed by atoms with E-state index in [1.54, 1.807) is 19.2 Å². The van der Waals surface area contributed by atoms with E-state index >= 15 is 0 Å².